The predicted molar refractivity (Wildman–Crippen MR) is 292 cm³/mol. The maximum absolute atomic E-state index is 13.3. The Hall–Kier alpha value is -2.44. The Morgan fingerprint density at radius 2 is 0.761 bits per heavy atom. The number of carbonyl (C=O) groups excluding carboxylic acids is 2. The van der Waals surface area contributed by atoms with Gasteiger partial charge in [-0.05, 0) is 96.3 Å². The summed E-state index contributed by atoms with van der Waals surface area (Å²) < 4.78 is 5.96. The third-order valence-electron chi connectivity index (χ3n) is 13.1. The molecular formula is C61H111NO5. The number of rotatable bonds is 52. The Morgan fingerprint density at radius 1 is 0.433 bits per heavy atom. The van der Waals surface area contributed by atoms with E-state index in [2.05, 4.69) is 86.8 Å². The van der Waals surface area contributed by atoms with E-state index in [1.54, 1.807) is 0 Å². The van der Waals surface area contributed by atoms with Crippen molar-refractivity contribution in [3.05, 3.63) is 60.8 Å². The van der Waals surface area contributed by atoms with Crippen molar-refractivity contribution >= 4 is 11.9 Å². The van der Waals surface area contributed by atoms with Gasteiger partial charge in [-0.25, -0.2) is 0 Å². The van der Waals surface area contributed by atoms with Crippen molar-refractivity contribution in [2.24, 2.45) is 0 Å². The predicted octanol–water partition coefficient (Wildman–Crippen LogP) is 18.0. The number of carbonyl (C=O) groups is 2. The van der Waals surface area contributed by atoms with Crippen molar-refractivity contribution in [2.75, 3.05) is 6.61 Å². The van der Waals surface area contributed by atoms with Gasteiger partial charge in [0, 0.05) is 6.42 Å². The van der Waals surface area contributed by atoms with E-state index < -0.39 is 18.2 Å². The summed E-state index contributed by atoms with van der Waals surface area (Å²) in [4.78, 5) is 26.3. The van der Waals surface area contributed by atoms with Crippen LogP contribution in [-0.2, 0) is 14.3 Å². The van der Waals surface area contributed by atoms with Gasteiger partial charge in [-0.3, -0.25) is 9.59 Å². The van der Waals surface area contributed by atoms with Gasteiger partial charge in [0.1, 0.15) is 6.10 Å². The zero-order valence-electron chi connectivity index (χ0n) is 44.5. The van der Waals surface area contributed by atoms with Crippen LogP contribution in [0.2, 0.25) is 0 Å². The van der Waals surface area contributed by atoms with Crippen molar-refractivity contribution in [1.29, 1.82) is 0 Å². The van der Waals surface area contributed by atoms with E-state index in [1.807, 2.05) is 0 Å². The molecule has 0 aliphatic carbocycles. The molecule has 0 heterocycles. The minimum absolute atomic E-state index is 0.0608. The highest BCUT2D eigenvalue weighted by Crippen LogP contribution is 2.18. The fourth-order valence-electron chi connectivity index (χ4n) is 8.64. The van der Waals surface area contributed by atoms with E-state index in [1.165, 1.54) is 154 Å². The molecule has 0 aromatic carbocycles. The highest BCUT2D eigenvalue weighted by Gasteiger charge is 2.24. The number of hydrogen-bond acceptors (Lipinski definition) is 5. The van der Waals surface area contributed by atoms with E-state index in [-0.39, 0.29) is 24.9 Å². The first-order valence-electron chi connectivity index (χ1n) is 29.0. The van der Waals surface area contributed by atoms with Crippen LogP contribution >= 0.6 is 0 Å². The number of allylic oxidation sites excluding steroid dienone is 10. The van der Waals surface area contributed by atoms with E-state index in [0.29, 0.717) is 19.3 Å². The molecule has 3 unspecified atom stereocenters. The maximum atomic E-state index is 13.3. The fraction of sp³-hybridized carbons (Fsp3) is 0.803. The van der Waals surface area contributed by atoms with Crippen molar-refractivity contribution in [2.45, 2.75) is 309 Å². The highest BCUT2D eigenvalue weighted by atomic mass is 16.5. The monoisotopic (exact) mass is 938 g/mol. The fourth-order valence-corrected chi connectivity index (χ4v) is 8.64. The van der Waals surface area contributed by atoms with Crippen molar-refractivity contribution in [3.8, 4) is 0 Å². The molecule has 67 heavy (non-hydrogen) atoms. The second-order valence-electron chi connectivity index (χ2n) is 19.7. The van der Waals surface area contributed by atoms with Crippen LogP contribution < -0.4 is 5.32 Å². The lowest BCUT2D eigenvalue weighted by molar-refractivity contribution is -0.151. The standard InChI is InChI=1S/C61H111NO5/c1-4-7-10-13-16-19-22-25-27-29-30-32-34-36-39-42-45-48-51-54-61(66)67-57(52-49-46-43-40-37-35-33-31-28-26-23-20-17-14-11-8-5-2)55-60(65)62-58(56-63)59(64)53-50-47-44-41-38-24-21-18-15-12-9-6-3/h16-17,19-20,25-28,33,35,57-59,63-64H,4-15,18,21-24,29-32,34,36-56H2,1-3H3,(H,62,65)/b19-16-,20-17-,27-25-,28-26-,35-33-. The van der Waals surface area contributed by atoms with Crippen LogP contribution in [0.4, 0.5) is 0 Å². The van der Waals surface area contributed by atoms with Gasteiger partial charge in [-0.15, -0.1) is 0 Å². The molecule has 0 aliphatic rings. The summed E-state index contributed by atoms with van der Waals surface area (Å²) in [5.74, 6) is -0.493. The molecule has 1 amide bonds. The Balaban J connectivity index is 4.60. The lowest BCUT2D eigenvalue weighted by atomic mass is 10.0. The molecule has 390 valence electrons. The van der Waals surface area contributed by atoms with E-state index in [4.69, 9.17) is 4.74 Å². The molecule has 3 N–H and O–H groups in total. The number of aliphatic hydroxyl groups excluding tert-OH is 2. The van der Waals surface area contributed by atoms with E-state index >= 15 is 0 Å². The minimum atomic E-state index is -0.796. The van der Waals surface area contributed by atoms with Gasteiger partial charge in [0.2, 0.25) is 5.91 Å². The van der Waals surface area contributed by atoms with Crippen LogP contribution in [0.15, 0.2) is 60.8 Å². The van der Waals surface area contributed by atoms with Gasteiger partial charge in [0.25, 0.3) is 0 Å². The zero-order valence-corrected chi connectivity index (χ0v) is 44.5. The first kappa shape index (κ1) is 64.6. The van der Waals surface area contributed by atoms with Crippen LogP contribution in [0, 0.1) is 0 Å². The molecular weight excluding hydrogens is 827 g/mol. The average molecular weight is 939 g/mol. The molecule has 0 spiro atoms. The Kier molecular flexibility index (Phi) is 52.5. The molecule has 3 atom stereocenters. The number of esters is 1. The van der Waals surface area contributed by atoms with Crippen LogP contribution in [0.25, 0.3) is 0 Å². The molecule has 0 aromatic rings. The average Bonchev–Trinajstić information content (AvgIpc) is 3.32. The smallest absolute Gasteiger partial charge is 0.306 e. The molecule has 6 heteroatoms. The Bertz CT molecular complexity index is 1190. The number of aliphatic hydroxyl groups is 2. The number of amides is 1. The summed E-state index contributed by atoms with van der Waals surface area (Å²) in [6.45, 7) is 6.44. The van der Waals surface area contributed by atoms with Crippen molar-refractivity contribution in [1.82, 2.24) is 5.32 Å². The first-order chi connectivity index (χ1) is 33.0. The van der Waals surface area contributed by atoms with Crippen LogP contribution in [0.1, 0.15) is 290 Å². The molecule has 0 radical (unpaired) electrons. The van der Waals surface area contributed by atoms with Gasteiger partial charge in [0.15, 0.2) is 0 Å². The zero-order chi connectivity index (χ0) is 48.8. The first-order valence-corrected chi connectivity index (χ1v) is 29.0. The third-order valence-corrected chi connectivity index (χ3v) is 13.1. The van der Waals surface area contributed by atoms with E-state index in [0.717, 1.165) is 89.9 Å². The normalized spacial score (nSPS) is 13.6. The number of unbranched alkanes of at least 4 members (excludes halogenated alkanes) is 30. The molecule has 0 saturated carbocycles. The van der Waals surface area contributed by atoms with Crippen molar-refractivity contribution < 1.29 is 24.5 Å². The number of ether oxygens (including phenoxy) is 1. The Morgan fingerprint density at radius 3 is 1.18 bits per heavy atom. The summed E-state index contributed by atoms with van der Waals surface area (Å²) in [7, 11) is 0. The summed E-state index contributed by atoms with van der Waals surface area (Å²) >= 11 is 0. The van der Waals surface area contributed by atoms with Gasteiger partial charge >= 0.3 is 5.97 Å². The quantitative estimate of drug-likeness (QED) is 0.0321. The molecule has 0 rings (SSSR count). The summed E-state index contributed by atoms with van der Waals surface area (Å²) in [6.07, 6.45) is 68.5. The lowest BCUT2D eigenvalue weighted by Gasteiger charge is -2.24. The molecule has 0 fully saturated rings. The SMILES string of the molecule is CCCCC/C=C\C/C=C\C/C=C\CCCCCCC(CC(=O)NC(CO)C(O)CCCCCCCCCCCCCC)OC(=O)CCCCCCCCCCC/C=C\C/C=C\CCCCC. The Labute approximate surface area is 416 Å². The minimum Gasteiger partial charge on any atom is -0.462 e. The third kappa shape index (κ3) is 49.8. The molecule has 0 aromatic heterocycles. The summed E-state index contributed by atoms with van der Waals surface area (Å²) in [5, 5.41) is 23.8. The largest absolute Gasteiger partial charge is 0.462 e. The van der Waals surface area contributed by atoms with Crippen molar-refractivity contribution in [3.63, 3.8) is 0 Å². The summed E-state index contributed by atoms with van der Waals surface area (Å²) in [5.41, 5.74) is 0. The molecule has 0 aliphatic heterocycles. The van der Waals surface area contributed by atoms with Gasteiger partial charge in [-0.1, -0.05) is 242 Å². The van der Waals surface area contributed by atoms with Gasteiger partial charge < -0.3 is 20.3 Å². The molecule has 0 bridgehead atoms. The molecule has 6 nitrogen and oxygen atoms in total. The number of hydrogen-bond donors (Lipinski definition) is 3. The highest BCUT2D eigenvalue weighted by molar-refractivity contribution is 5.77. The van der Waals surface area contributed by atoms with Crippen LogP contribution in [0.3, 0.4) is 0 Å². The number of nitrogens with one attached hydrogen (secondary N) is 1. The van der Waals surface area contributed by atoms with Gasteiger partial charge in [0.05, 0.1) is 25.2 Å². The second-order valence-corrected chi connectivity index (χ2v) is 19.7. The van der Waals surface area contributed by atoms with Crippen LogP contribution in [0.5, 0.6) is 0 Å². The summed E-state index contributed by atoms with van der Waals surface area (Å²) in [6, 6.07) is -0.711. The molecule has 0 saturated heterocycles. The lowest BCUT2D eigenvalue weighted by Crippen LogP contribution is -2.46. The van der Waals surface area contributed by atoms with Gasteiger partial charge in [-0.2, -0.15) is 0 Å². The second kappa shape index (κ2) is 54.5. The van der Waals surface area contributed by atoms with Crippen LogP contribution in [-0.4, -0.2) is 46.9 Å². The van der Waals surface area contributed by atoms with E-state index in [9.17, 15) is 19.8 Å². The topological polar surface area (TPSA) is 95.9 Å². The maximum Gasteiger partial charge on any atom is 0.306 e.